The van der Waals surface area contributed by atoms with Crippen LogP contribution in [0.3, 0.4) is 0 Å². The van der Waals surface area contributed by atoms with Gasteiger partial charge in [-0.15, -0.1) is 0 Å². The fraction of sp³-hybridized carbons (Fsp3) is 0.200. The van der Waals surface area contributed by atoms with Gasteiger partial charge in [0.05, 0.1) is 6.04 Å². The lowest BCUT2D eigenvalue weighted by molar-refractivity contribution is 0.521. The van der Waals surface area contributed by atoms with Gasteiger partial charge < -0.3 is 0 Å². The van der Waals surface area contributed by atoms with E-state index in [0.29, 0.717) is 5.56 Å². The summed E-state index contributed by atoms with van der Waals surface area (Å²) in [5, 5.41) is 0. The van der Waals surface area contributed by atoms with E-state index in [1.807, 2.05) is 25.1 Å². The van der Waals surface area contributed by atoms with Gasteiger partial charge in [-0.2, -0.15) is 0 Å². The first-order valence-electron chi connectivity index (χ1n) is 6.17. The Labute approximate surface area is 125 Å². The van der Waals surface area contributed by atoms with Gasteiger partial charge in [0.15, 0.2) is 0 Å². The van der Waals surface area contributed by atoms with Crippen LogP contribution in [0.1, 0.15) is 22.7 Å². The van der Waals surface area contributed by atoms with E-state index in [2.05, 4.69) is 21.4 Å². The quantitative estimate of drug-likeness (QED) is 0.656. The van der Waals surface area contributed by atoms with Gasteiger partial charge in [0.1, 0.15) is 11.6 Å². The summed E-state index contributed by atoms with van der Waals surface area (Å²) in [4.78, 5) is 0. The largest absolute Gasteiger partial charge is 0.271 e. The average Bonchev–Trinajstić information content (AvgIpc) is 2.40. The zero-order valence-corrected chi connectivity index (χ0v) is 12.5. The molecule has 3 N–H and O–H groups in total. The SMILES string of the molecule is Cc1ccc(C(Cc2cc(F)ccc2F)NN)c(Br)c1. The number of hydrazine groups is 1. The smallest absolute Gasteiger partial charge is 0.126 e. The lowest BCUT2D eigenvalue weighted by Crippen LogP contribution is -2.30. The highest BCUT2D eigenvalue weighted by molar-refractivity contribution is 9.10. The molecular formula is C15H15BrF2N2. The second-order valence-corrected chi connectivity index (χ2v) is 5.54. The minimum atomic E-state index is -0.458. The summed E-state index contributed by atoms with van der Waals surface area (Å²) in [5.74, 6) is 4.67. The topological polar surface area (TPSA) is 38.0 Å². The van der Waals surface area contributed by atoms with E-state index in [1.54, 1.807) is 0 Å². The van der Waals surface area contributed by atoms with Gasteiger partial charge in [-0.05, 0) is 54.3 Å². The molecule has 2 rings (SSSR count). The number of hydrogen-bond acceptors (Lipinski definition) is 2. The number of nitrogens with two attached hydrogens (primary N) is 1. The van der Waals surface area contributed by atoms with Crippen molar-refractivity contribution in [2.75, 3.05) is 0 Å². The third-order valence-electron chi connectivity index (χ3n) is 3.16. The maximum Gasteiger partial charge on any atom is 0.126 e. The monoisotopic (exact) mass is 340 g/mol. The molecule has 0 spiro atoms. The Morgan fingerprint density at radius 3 is 2.60 bits per heavy atom. The zero-order chi connectivity index (χ0) is 14.7. The third-order valence-corrected chi connectivity index (χ3v) is 3.85. The average molecular weight is 341 g/mol. The van der Waals surface area contributed by atoms with E-state index in [4.69, 9.17) is 5.84 Å². The number of halogens is 3. The van der Waals surface area contributed by atoms with E-state index in [0.717, 1.165) is 27.7 Å². The van der Waals surface area contributed by atoms with Crippen LogP contribution in [0.15, 0.2) is 40.9 Å². The summed E-state index contributed by atoms with van der Waals surface area (Å²) in [6, 6.07) is 8.95. The minimum absolute atomic E-state index is 0.266. The molecule has 0 heterocycles. The number of aryl methyl sites for hydroxylation is 1. The van der Waals surface area contributed by atoms with Crippen LogP contribution in [-0.2, 0) is 6.42 Å². The van der Waals surface area contributed by atoms with Crippen LogP contribution >= 0.6 is 15.9 Å². The second kappa shape index (κ2) is 6.43. The molecule has 1 unspecified atom stereocenters. The fourth-order valence-corrected chi connectivity index (χ4v) is 2.86. The van der Waals surface area contributed by atoms with Crippen LogP contribution in [-0.4, -0.2) is 0 Å². The maximum absolute atomic E-state index is 13.7. The summed E-state index contributed by atoms with van der Waals surface area (Å²) in [7, 11) is 0. The number of hydrogen-bond donors (Lipinski definition) is 2. The normalized spacial score (nSPS) is 12.4. The molecule has 106 valence electrons. The van der Waals surface area contributed by atoms with Crippen molar-refractivity contribution in [1.82, 2.24) is 5.43 Å². The lowest BCUT2D eigenvalue weighted by atomic mass is 9.98. The van der Waals surface area contributed by atoms with E-state index in [1.165, 1.54) is 6.07 Å². The first kappa shape index (κ1) is 15.1. The summed E-state index contributed by atoms with van der Waals surface area (Å²) in [6.07, 6.45) is 0.266. The Morgan fingerprint density at radius 2 is 1.95 bits per heavy atom. The standard InChI is InChI=1S/C15H15BrF2N2/c1-9-2-4-12(13(16)6-9)15(20-19)8-10-7-11(17)3-5-14(10)18/h2-7,15,20H,8,19H2,1H3. The first-order chi connectivity index (χ1) is 9.51. The highest BCUT2D eigenvalue weighted by atomic mass is 79.9. The second-order valence-electron chi connectivity index (χ2n) is 4.68. The lowest BCUT2D eigenvalue weighted by Gasteiger charge is -2.18. The molecule has 20 heavy (non-hydrogen) atoms. The van der Waals surface area contributed by atoms with Crippen molar-refractivity contribution >= 4 is 15.9 Å². The van der Waals surface area contributed by atoms with Crippen LogP contribution in [0.5, 0.6) is 0 Å². The van der Waals surface area contributed by atoms with E-state index < -0.39 is 11.6 Å². The molecule has 5 heteroatoms. The molecule has 0 aliphatic heterocycles. The minimum Gasteiger partial charge on any atom is -0.271 e. The van der Waals surface area contributed by atoms with E-state index >= 15 is 0 Å². The Hall–Kier alpha value is -1.30. The molecule has 0 saturated carbocycles. The van der Waals surface area contributed by atoms with Crippen LogP contribution in [0.4, 0.5) is 8.78 Å². The zero-order valence-electron chi connectivity index (χ0n) is 11.0. The summed E-state index contributed by atoms with van der Waals surface area (Å²) in [6.45, 7) is 1.98. The molecule has 0 aliphatic carbocycles. The van der Waals surface area contributed by atoms with Gasteiger partial charge in [-0.25, -0.2) is 8.78 Å². The Morgan fingerprint density at radius 1 is 1.20 bits per heavy atom. The number of rotatable bonds is 4. The van der Waals surface area contributed by atoms with E-state index in [-0.39, 0.29) is 12.5 Å². The van der Waals surface area contributed by atoms with Crippen molar-refractivity contribution in [3.05, 3.63) is 69.2 Å². The van der Waals surface area contributed by atoms with Gasteiger partial charge in [0, 0.05) is 4.47 Å². The van der Waals surface area contributed by atoms with Gasteiger partial charge in [-0.3, -0.25) is 11.3 Å². The van der Waals surface area contributed by atoms with Gasteiger partial charge in [0.25, 0.3) is 0 Å². The molecule has 0 fully saturated rings. The van der Waals surface area contributed by atoms with Crippen molar-refractivity contribution < 1.29 is 8.78 Å². The van der Waals surface area contributed by atoms with Gasteiger partial charge in [0.2, 0.25) is 0 Å². The van der Waals surface area contributed by atoms with Crippen molar-refractivity contribution in [3.63, 3.8) is 0 Å². The van der Waals surface area contributed by atoms with Crippen LogP contribution in [0.2, 0.25) is 0 Å². The summed E-state index contributed by atoms with van der Waals surface area (Å²) in [5.41, 5.74) is 4.96. The predicted molar refractivity (Wildman–Crippen MR) is 79.0 cm³/mol. The summed E-state index contributed by atoms with van der Waals surface area (Å²) < 4.78 is 27.8. The predicted octanol–water partition coefficient (Wildman–Crippen LogP) is 3.78. The maximum atomic E-state index is 13.7. The molecule has 1 atom stereocenters. The molecule has 0 saturated heterocycles. The van der Waals surface area contributed by atoms with Crippen molar-refractivity contribution in [2.24, 2.45) is 5.84 Å². The molecule has 0 aromatic heterocycles. The Bertz CT molecular complexity index is 617. The summed E-state index contributed by atoms with van der Waals surface area (Å²) >= 11 is 3.47. The molecule has 2 nitrogen and oxygen atoms in total. The van der Waals surface area contributed by atoms with Crippen LogP contribution in [0.25, 0.3) is 0 Å². The molecule has 2 aromatic rings. The fourth-order valence-electron chi connectivity index (χ4n) is 2.09. The van der Waals surface area contributed by atoms with Gasteiger partial charge >= 0.3 is 0 Å². The molecule has 0 radical (unpaired) electrons. The van der Waals surface area contributed by atoms with Crippen molar-refractivity contribution in [1.29, 1.82) is 0 Å². The highest BCUT2D eigenvalue weighted by Gasteiger charge is 2.16. The molecule has 2 aromatic carbocycles. The van der Waals surface area contributed by atoms with Gasteiger partial charge in [-0.1, -0.05) is 28.1 Å². The Balaban J connectivity index is 2.31. The van der Waals surface area contributed by atoms with E-state index in [9.17, 15) is 8.78 Å². The third kappa shape index (κ3) is 3.42. The Kier molecular flexibility index (Phi) is 4.86. The van der Waals surface area contributed by atoms with Crippen LogP contribution in [0, 0.1) is 18.6 Å². The number of nitrogens with one attached hydrogen (secondary N) is 1. The molecule has 0 aliphatic rings. The van der Waals surface area contributed by atoms with Crippen molar-refractivity contribution in [3.8, 4) is 0 Å². The van der Waals surface area contributed by atoms with Crippen molar-refractivity contribution in [2.45, 2.75) is 19.4 Å². The molecular weight excluding hydrogens is 326 g/mol. The molecule has 0 amide bonds. The first-order valence-corrected chi connectivity index (χ1v) is 6.96. The number of benzene rings is 2. The van der Waals surface area contributed by atoms with Crippen LogP contribution < -0.4 is 11.3 Å². The highest BCUT2D eigenvalue weighted by Crippen LogP contribution is 2.27. The molecule has 0 bridgehead atoms.